The van der Waals surface area contributed by atoms with Crippen molar-refractivity contribution in [3.05, 3.63) is 29.8 Å². The standard InChI is InChI=1S/C18H31NO2/c1-17(2,3)19-14(13-20)11-12-18(4,5)15-9-7-8-10-16(15)21-6/h7-10,14,19-20H,11-13H2,1-6H3/t14-/m1/s1. The number of aliphatic hydroxyl groups is 1. The van der Waals surface area contributed by atoms with Crippen LogP contribution in [0.15, 0.2) is 24.3 Å². The molecule has 0 unspecified atom stereocenters. The van der Waals surface area contributed by atoms with E-state index in [0.29, 0.717) is 0 Å². The van der Waals surface area contributed by atoms with Gasteiger partial charge in [0.2, 0.25) is 0 Å². The molecule has 0 bridgehead atoms. The van der Waals surface area contributed by atoms with Crippen LogP contribution in [0.2, 0.25) is 0 Å². The SMILES string of the molecule is COc1ccccc1C(C)(C)CC[C@H](CO)NC(C)(C)C. The number of hydrogen-bond donors (Lipinski definition) is 2. The summed E-state index contributed by atoms with van der Waals surface area (Å²) in [5.74, 6) is 0.937. The highest BCUT2D eigenvalue weighted by Gasteiger charge is 2.26. The molecule has 0 heterocycles. The molecule has 0 saturated carbocycles. The molecule has 0 aromatic heterocycles. The van der Waals surface area contributed by atoms with Crippen molar-refractivity contribution in [2.75, 3.05) is 13.7 Å². The molecule has 0 spiro atoms. The molecule has 3 nitrogen and oxygen atoms in total. The summed E-state index contributed by atoms with van der Waals surface area (Å²) in [5.41, 5.74) is 1.25. The third-order valence-electron chi connectivity index (χ3n) is 3.81. The van der Waals surface area contributed by atoms with Gasteiger partial charge in [-0.3, -0.25) is 0 Å². The second-order valence-electron chi connectivity index (χ2n) is 7.40. The average molecular weight is 293 g/mol. The van der Waals surface area contributed by atoms with Gasteiger partial charge in [0, 0.05) is 11.6 Å². The minimum Gasteiger partial charge on any atom is -0.496 e. The molecule has 0 fully saturated rings. The maximum Gasteiger partial charge on any atom is 0.122 e. The molecule has 1 aromatic rings. The highest BCUT2D eigenvalue weighted by molar-refractivity contribution is 5.38. The fourth-order valence-electron chi connectivity index (χ4n) is 2.69. The second-order valence-corrected chi connectivity index (χ2v) is 7.40. The Morgan fingerprint density at radius 3 is 2.29 bits per heavy atom. The normalized spacial score (nSPS) is 14.0. The van der Waals surface area contributed by atoms with Crippen LogP contribution in [0, 0.1) is 0 Å². The number of aliphatic hydroxyl groups excluding tert-OH is 1. The van der Waals surface area contributed by atoms with E-state index < -0.39 is 0 Å². The Morgan fingerprint density at radius 2 is 1.76 bits per heavy atom. The lowest BCUT2D eigenvalue weighted by Gasteiger charge is -2.32. The Morgan fingerprint density at radius 1 is 1.14 bits per heavy atom. The van der Waals surface area contributed by atoms with Gasteiger partial charge in [-0.1, -0.05) is 32.0 Å². The number of benzene rings is 1. The van der Waals surface area contributed by atoms with Gasteiger partial charge in [0.05, 0.1) is 13.7 Å². The second kappa shape index (κ2) is 7.28. The van der Waals surface area contributed by atoms with Crippen molar-refractivity contribution < 1.29 is 9.84 Å². The predicted octanol–water partition coefficient (Wildman–Crippen LogP) is 3.50. The van der Waals surface area contributed by atoms with E-state index in [-0.39, 0.29) is 23.6 Å². The Labute approximate surface area is 129 Å². The van der Waals surface area contributed by atoms with Gasteiger partial charge >= 0.3 is 0 Å². The average Bonchev–Trinajstić information content (AvgIpc) is 2.42. The summed E-state index contributed by atoms with van der Waals surface area (Å²) in [6.45, 7) is 11.0. The molecule has 120 valence electrons. The van der Waals surface area contributed by atoms with E-state index in [1.54, 1.807) is 7.11 Å². The lowest BCUT2D eigenvalue weighted by Crippen LogP contribution is -2.46. The number of ether oxygens (including phenoxy) is 1. The molecule has 0 saturated heterocycles. The van der Waals surface area contributed by atoms with E-state index in [1.807, 2.05) is 12.1 Å². The van der Waals surface area contributed by atoms with Crippen molar-refractivity contribution in [3.63, 3.8) is 0 Å². The summed E-state index contributed by atoms with van der Waals surface area (Å²) < 4.78 is 5.48. The molecule has 1 aromatic carbocycles. The van der Waals surface area contributed by atoms with E-state index in [1.165, 1.54) is 5.56 Å². The molecule has 0 aliphatic rings. The maximum absolute atomic E-state index is 9.57. The number of rotatable bonds is 7. The zero-order valence-corrected chi connectivity index (χ0v) is 14.4. The third kappa shape index (κ3) is 5.68. The van der Waals surface area contributed by atoms with Crippen LogP contribution in [0.1, 0.15) is 53.0 Å². The Hall–Kier alpha value is -1.06. The smallest absolute Gasteiger partial charge is 0.122 e. The van der Waals surface area contributed by atoms with Gasteiger partial charge in [0.15, 0.2) is 0 Å². The lowest BCUT2D eigenvalue weighted by atomic mass is 9.79. The first kappa shape index (κ1) is 18.0. The van der Waals surface area contributed by atoms with Gasteiger partial charge in [-0.2, -0.15) is 0 Å². The third-order valence-corrected chi connectivity index (χ3v) is 3.81. The lowest BCUT2D eigenvalue weighted by molar-refractivity contribution is 0.199. The summed E-state index contributed by atoms with van der Waals surface area (Å²) in [6.07, 6.45) is 1.92. The fraction of sp³-hybridized carbons (Fsp3) is 0.667. The van der Waals surface area contributed by atoms with E-state index in [2.05, 4.69) is 52.1 Å². The summed E-state index contributed by atoms with van der Waals surface area (Å²) in [7, 11) is 1.71. The molecule has 21 heavy (non-hydrogen) atoms. The van der Waals surface area contributed by atoms with Crippen LogP contribution in [0.5, 0.6) is 5.75 Å². The molecule has 0 aliphatic carbocycles. The van der Waals surface area contributed by atoms with E-state index >= 15 is 0 Å². The van der Waals surface area contributed by atoms with Gasteiger partial charge in [-0.25, -0.2) is 0 Å². The summed E-state index contributed by atoms with van der Waals surface area (Å²) in [5, 5.41) is 13.0. The van der Waals surface area contributed by atoms with Crippen LogP contribution in [0.4, 0.5) is 0 Å². The largest absolute Gasteiger partial charge is 0.496 e. The van der Waals surface area contributed by atoms with Crippen LogP contribution in [0.3, 0.4) is 0 Å². The Balaban J connectivity index is 2.75. The zero-order valence-electron chi connectivity index (χ0n) is 14.4. The Bertz CT molecular complexity index is 435. The molecule has 1 rings (SSSR count). The van der Waals surface area contributed by atoms with E-state index in [4.69, 9.17) is 4.74 Å². The number of para-hydroxylation sites is 1. The van der Waals surface area contributed by atoms with Gasteiger partial charge in [-0.05, 0) is 50.7 Å². The number of nitrogens with one attached hydrogen (secondary N) is 1. The van der Waals surface area contributed by atoms with Crippen molar-refractivity contribution in [2.45, 2.75) is 64.5 Å². The summed E-state index contributed by atoms with van der Waals surface area (Å²) >= 11 is 0. The number of methoxy groups -OCH3 is 1. The zero-order chi connectivity index (χ0) is 16.1. The van der Waals surface area contributed by atoms with Gasteiger partial charge in [-0.15, -0.1) is 0 Å². The van der Waals surface area contributed by atoms with Gasteiger partial charge in [0.1, 0.15) is 5.75 Å². The molecule has 0 amide bonds. The molecule has 2 N–H and O–H groups in total. The molecule has 0 aliphatic heterocycles. The topological polar surface area (TPSA) is 41.5 Å². The van der Waals surface area contributed by atoms with Crippen LogP contribution in [0.25, 0.3) is 0 Å². The van der Waals surface area contributed by atoms with Crippen LogP contribution < -0.4 is 10.1 Å². The summed E-state index contributed by atoms with van der Waals surface area (Å²) in [6, 6.07) is 8.31. The minimum absolute atomic E-state index is 0.0135. The van der Waals surface area contributed by atoms with Crippen LogP contribution in [-0.2, 0) is 5.41 Å². The molecule has 1 atom stereocenters. The molecule has 0 radical (unpaired) electrons. The highest BCUT2D eigenvalue weighted by atomic mass is 16.5. The van der Waals surface area contributed by atoms with Gasteiger partial charge in [0.25, 0.3) is 0 Å². The van der Waals surface area contributed by atoms with Crippen molar-refractivity contribution in [1.82, 2.24) is 5.32 Å². The van der Waals surface area contributed by atoms with Crippen LogP contribution >= 0.6 is 0 Å². The molecule has 3 heteroatoms. The van der Waals surface area contributed by atoms with Crippen molar-refractivity contribution in [3.8, 4) is 5.75 Å². The van der Waals surface area contributed by atoms with Gasteiger partial charge < -0.3 is 15.2 Å². The van der Waals surface area contributed by atoms with Crippen molar-refractivity contribution >= 4 is 0 Å². The van der Waals surface area contributed by atoms with E-state index in [0.717, 1.165) is 18.6 Å². The van der Waals surface area contributed by atoms with E-state index in [9.17, 15) is 5.11 Å². The first-order valence-corrected chi connectivity index (χ1v) is 7.71. The molecular weight excluding hydrogens is 262 g/mol. The Kier molecular flexibility index (Phi) is 6.24. The fourth-order valence-corrected chi connectivity index (χ4v) is 2.69. The monoisotopic (exact) mass is 293 g/mol. The van der Waals surface area contributed by atoms with Crippen molar-refractivity contribution in [1.29, 1.82) is 0 Å². The first-order chi connectivity index (χ1) is 9.69. The van der Waals surface area contributed by atoms with Crippen molar-refractivity contribution in [2.24, 2.45) is 0 Å². The first-order valence-electron chi connectivity index (χ1n) is 7.71. The number of hydrogen-bond acceptors (Lipinski definition) is 3. The highest BCUT2D eigenvalue weighted by Crippen LogP contribution is 2.35. The van der Waals surface area contributed by atoms with Crippen LogP contribution in [-0.4, -0.2) is 30.4 Å². The summed E-state index contributed by atoms with van der Waals surface area (Å²) in [4.78, 5) is 0. The quantitative estimate of drug-likeness (QED) is 0.808. The predicted molar refractivity (Wildman–Crippen MR) is 89.0 cm³/mol. The maximum atomic E-state index is 9.57. The minimum atomic E-state index is 0.0135. The molecular formula is C18H31NO2.